The molecule has 0 bridgehead atoms. The molecule has 0 aromatic heterocycles. The number of hydrogen-bond donors (Lipinski definition) is 1. The quantitative estimate of drug-likeness (QED) is 0.720. The van der Waals surface area contributed by atoms with Crippen molar-refractivity contribution >= 4 is 0 Å². The number of aliphatic hydroxyl groups is 1. The van der Waals surface area contributed by atoms with Gasteiger partial charge in [-0.2, -0.15) is 0 Å². The Balaban J connectivity index is 2.13. The van der Waals surface area contributed by atoms with Gasteiger partial charge in [0.15, 0.2) is 0 Å². The molecule has 1 unspecified atom stereocenters. The van der Waals surface area contributed by atoms with Crippen LogP contribution in [0.1, 0.15) is 25.3 Å². The lowest BCUT2D eigenvalue weighted by Gasteiger charge is -2.17. The van der Waals surface area contributed by atoms with Crippen molar-refractivity contribution in [3.63, 3.8) is 0 Å². The SMILES string of the molecule is Cc1ccccc1OCCCN(C)CCC(C)O. The van der Waals surface area contributed by atoms with Gasteiger partial charge in [0, 0.05) is 13.1 Å². The van der Waals surface area contributed by atoms with Crippen molar-refractivity contribution in [2.24, 2.45) is 0 Å². The van der Waals surface area contributed by atoms with Crippen LogP contribution in [-0.4, -0.2) is 42.9 Å². The summed E-state index contributed by atoms with van der Waals surface area (Å²) in [4.78, 5) is 2.23. The smallest absolute Gasteiger partial charge is 0.122 e. The fraction of sp³-hybridized carbons (Fsp3) is 0.600. The molecule has 1 atom stereocenters. The highest BCUT2D eigenvalue weighted by Gasteiger charge is 2.02. The molecular formula is C15H25NO2. The second kappa shape index (κ2) is 8.11. The van der Waals surface area contributed by atoms with Gasteiger partial charge in [-0.25, -0.2) is 0 Å². The molecule has 0 heterocycles. The maximum atomic E-state index is 9.20. The van der Waals surface area contributed by atoms with Gasteiger partial charge in [0.2, 0.25) is 0 Å². The summed E-state index contributed by atoms with van der Waals surface area (Å²) in [6.45, 7) is 6.56. The van der Waals surface area contributed by atoms with Crippen LogP contribution in [0.3, 0.4) is 0 Å². The van der Waals surface area contributed by atoms with Gasteiger partial charge >= 0.3 is 0 Å². The summed E-state index contributed by atoms with van der Waals surface area (Å²) in [6.07, 6.45) is 1.62. The predicted octanol–water partition coefficient (Wildman–Crippen LogP) is 2.47. The molecule has 0 saturated heterocycles. The highest BCUT2D eigenvalue weighted by atomic mass is 16.5. The van der Waals surface area contributed by atoms with Gasteiger partial charge in [-0.05, 0) is 45.4 Å². The van der Waals surface area contributed by atoms with Crippen LogP contribution in [-0.2, 0) is 0 Å². The topological polar surface area (TPSA) is 32.7 Å². The van der Waals surface area contributed by atoms with E-state index in [1.165, 1.54) is 5.56 Å². The normalized spacial score (nSPS) is 12.7. The number of rotatable bonds is 8. The minimum absolute atomic E-state index is 0.212. The van der Waals surface area contributed by atoms with Crippen molar-refractivity contribution < 1.29 is 9.84 Å². The minimum Gasteiger partial charge on any atom is -0.493 e. The van der Waals surface area contributed by atoms with E-state index >= 15 is 0 Å². The zero-order chi connectivity index (χ0) is 13.4. The molecule has 0 amide bonds. The molecule has 0 fully saturated rings. The maximum Gasteiger partial charge on any atom is 0.122 e. The Kier molecular flexibility index (Phi) is 6.76. The van der Waals surface area contributed by atoms with Crippen molar-refractivity contribution in [3.05, 3.63) is 29.8 Å². The van der Waals surface area contributed by atoms with Crippen LogP contribution < -0.4 is 4.74 Å². The van der Waals surface area contributed by atoms with Crippen molar-refractivity contribution in [2.75, 3.05) is 26.7 Å². The Morgan fingerprint density at radius 1 is 1.28 bits per heavy atom. The van der Waals surface area contributed by atoms with Crippen molar-refractivity contribution in [1.29, 1.82) is 0 Å². The first-order valence-electron chi connectivity index (χ1n) is 6.64. The van der Waals surface area contributed by atoms with E-state index in [9.17, 15) is 5.11 Å². The molecule has 1 aromatic rings. The average molecular weight is 251 g/mol. The lowest BCUT2D eigenvalue weighted by atomic mass is 10.2. The molecule has 0 aliphatic heterocycles. The number of aliphatic hydroxyl groups excluding tert-OH is 1. The third kappa shape index (κ3) is 6.03. The molecule has 1 rings (SSSR count). The molecule has 3 nitrogen and oxygen atoms in total. The zero-order valence-electron chi connectivity index (χ0n) is 11.7. The predicted molar refractivity (Wildman–Crippen MR) is 75.1 cm³/mol. The van der Waals surface area contributed by atoms with Gasteiger partial charge in [0.05, 0.1) is 12.7 Å². The first kappa shape index (κ1) is 15.0. The fourth-order valence-electron chi connectivity index (χ4n) is 1.75. The van der Waals surface area contributed by atoms with E-state index in [0.717, 1.165) is 38.3 Å². The molecule has 0 spiro atoms. The second-order valence-electron chi connectivity index (χ2n) is 4.91. The molecule has 0 aliphatic rings. The first-order chi connectivity index (χ1) is 8.59. The summed E-state index contributed by atoms with van der Waals surface area (Å²) in [5, 5.41) is 9.20. The molecule has 1 N–H and O–H groups in total. The van der Waals surface area contributed by atoms with Gasteiger partial charge in [0.1, 0.15) is 5.75 Å². The molecule has 0 radical (unpaired) electrons. The van der Waals surface area contributed by atoms with Crippen molar-refractivity contribution in [3.8, 4) is 5.75 Å². The van der Waals surface area contributed by atoms with Crippen LogP contribution in [0.15, 0.2) is 24.3 Å². The number of nitrogens with zero attached hydrogens (tertiary/aromatic N) is 1. The molecule has 0 saturated carbocycles. The van der Waals surface area contributed by atoms with E-state index in [-0.39, 0.29) is 6.10 Å². The highest BCUT2D eigenvalue weighted by molar-refractivity contribution is 5.31. The monoisotopic (exact) mass is 251 g/mol. The van der Waals surface area contributed by atoms with E-state index in [1.807, 2.05) is 25.1 Å². The molecule has 102 valence electrons. The highest BCUT2D eigenvalue weighted by Crippen LogP contribution is 2.16. The summed E-state index contributed by atoms with van der Waals surface area (Å²) in [5.41, 5.74) is 1.18. The average Bonchev–Trinajstić information content (AvgIpc) is 2.34. The number of benzene rings is 1. The maximum absolute atomic E-state index is 9.20. The summed E-state index contributed by atoms with van der Waals surface area (Å²) in [6, 6.07) is 8.08. The summed E-state index contributed by atoms with van der Waals surface area (Å²) in [5.74, 6) is 0.976. The van der Waals surface area contributed by atoms with Crippen LogP contribution in [0.2, 0.25) is 0 Å². The molecule has 3 heteroatoms. The zero-order valence-corrected chi connectivity index (χ0v) is 11.7. The number of hydrogen-bond acceptors (Lipinski definition) is 3. The Labute approximate surface area is 110 Å². The first-order valence-corrected chi connectivity index (χ1v) is 6.64. The van der Waals surface area contributed by atoms with E-state index in [4.69, 9.17) is 4.74 Å². The van der Waals surface area contributed by atoms with Crippen LogP contribution in [0.4, 0.5) is 0 Å². The Morgan fingerprint density at radius 2 is 2.00 bits per heavy atom. The van der Waals surface area contributed by atoms with Crippen molar-refractivity contribution in [2.45, 2.75) is 32.8 Å². The lowest BCUT2D eigenvalue weighted by Crippen LogP contribution is -2.24. The summed E-state index contributed by atoms with van der Waals surface area (Å²) in [7, 11) is 2.08. The standard InChI is InChI=1S/C15H25NO2/c1-13-7-4-5-8-15(13)18-12-6-10-16(3)11-9-14(2)17/h4-5,7-8,14,17H,6,9-12H2,1-3H3. The third-order valence-electron chi connectivity index (χ3n) is 2.96. The molecule has 1 aromatic carbocycles. The summed E-state index contributed by atoms with van der Waals surface area (Å²) < 4.78 is 5.74. The van der Waals surface area contributed by atoms with Gasteiger partial charge in [-0.15, -0.1) is 0 Å². The lowest BCUT2D eigenvalue weighted by molar-refractivity contribution is 0.161. The Morgan fingerprint density at radius 3 is 2.67 bits per heavy atom. The molecule has 0 aliphatic carbocycles. The van der Waals surface area contributed by atoms with E-state index in [2.05, 4.69) is 24.9 Å². The Bertz CT molecular complexity index is 339. The largest absolute Gasteiger partial charge is 0.493 e. The van der Waals surface area contributed by atoms with E-state index in [0.29, 0.717) is 0 Å². The van der Waals surface area contributed by atoms with Crippen LogP contribution in [0.5, 0.6) is 5.75 Å². The van der Waals surface area contributed by atoms with Gasteiger partial charge in [-0.3, -0.25) is 0 Å². The third-order valence-corrected chi connectivity index (χ3v) is 2.96. The summed E-state index contributed by atoms with van der Waals surface area (Å²) >= 11 is 0. The van der Waals surface area contributed by atoms with E-state index in [1.54, 1.807) is 0 Å². The van der Waals surface area contributed by atoms with Crippen LogP contribution >= 0.6 is 0 Å². The van der Waals surface area contributed by atoms with Gasteiger partial charge in [-0.1, -0.05) is 18.2 Å². The molecular weight excluding hydrogens is 226 g/mol. The van der Waals surface area contributed by atoms with E-state index < -0.39 is 0 Å². The van der Waals surface area contributed by atoms with Crippen LogP contribution in [0, 0.1) is 6.92 Å². The second-order valence-corrected chi connectivity index (χ2v) is 4.91. The number of aryl methyl sites for hydroxylation is 1. The van der Waals surface area contributed by atoms with Gasteiger partial charge in [0.25, 0.3) is 0 Å². The van der Waals surface area contributed by atoms with Crippen LogP contribution in [0.25, 0.3) is 0 Å². The Hall–Kier alpha value is -1.06. The fourth-order valence-corrected chi connectivity index (χ4v) is 1.75. The number of para-hydroxylation sites is 1. The van der Waals surface area contributed by atoms with Gasteiger partial charge < -0.3 is 14.7 Å². The molecule has 18 heavy (non-hydrogen) atoms. The van der Waals surface area contributed by atoms with Crippen molar-refractivity contribution in [1.82, 2.24) is 4.90 Å². The minimum atomic E-state index is -0.212. The number of ether oxygens (including phenoxy) is 1.